The molecule has 0 saturated carbocycles. The second kappa shape index (κ2) is 5.31. The molecule has 1 rings (SSSR count). The van der Waals surface area contributed by atoms with Gasteiger partial charge in [-0.15, -0.1) is 0 Å². The average Bonchev–Trinajstić information content (AvgIpc) is 2.22. The molecule has 0 aliphatic carbocycles. The van der Waals surface area contributed by atoms with Gasteiger partial charge in [0, 0.05) is 5.56 Å². The first-order valence-corrected chi connectivity index (χ1v) is 4.34. The number of rotatable bonds is 2. The molecule has 0 aliphatic heterocycles. The first-order valence-electron chi connectivity index (χ1n) is 3.96. The maximum atomic E-state index is 13.1. The van der Waals surface area contributed by atoms with Crippen molar-refractivity contribution in [2.75, 3.05) is 7.11 Å². The lowest BCUT2D eigenvalue weighted by molar-refractivity contribution is 0.171. The molecule has 0 saturated heterocycles. The van der Waals surface area contributed by atoms with Gasteiger partial charge in [-0.1, -0.05) is 17.7 Å². The van der Waals surface area contributed by atoms with Gasteiger partial charge in [0.05, 0.1) is 18.3 Å². The first kappa shape index (κ1) is 11.5. The van der Waals surface area contributed by atoms with Crippen LogP contribution in [0.2, 0.25) is 5.02 Å². The molecule has 0 spiro atoms. The van der Waals surface area contributed by atoms with Gasteiger partial charge in [0.1, 0.15) is 5.82 Å². The van der Waals surface area contributed by atoms with Crippen LogP contribution in [-0.2, 0) is 4.74 Å². The molecule has 4 nitrogen and oxygen atoms in total. The van der Waals surface area contributed by atoms with Crippen LogP contribution in [0.4, 0.5) is 9.18 Å². The molecule has 6 heteroatoms. The highest BCUT2D eigenvalue weighted by Gasteiger charge is 2.03. The van der Waals surface area contributed by atoms with E-state index in [0.29, 0.717) is 0 Å². The van der Waals surface area contributed by atoms with Crippen molar-refractivity contribution in [1.29, 1.82) is 0 Å². The lowest BCUT2D eigenvalue weighted by atomic mass is 10.2. The fraction of sp³-hybridized carbons (Fsp3) is 0.111. The number of carbonyl (C=O) groups excluding carboxylic acids is 1. The fourth-order valence-electron chi connectivity index (χ4n) is 0.829. The summed E-state index contributed by atoms with van der Waals surface area (Å²) in [6.07, 6.45) is 0.368. The molecule has 0 radical (unpaired) electrons. The maximum absolute atomic E-state index is 13.1. The number of hydrogen-bond acceptors (Lipinski definition) is 3. The number of hydrazone groups is 1. The van der Waals surface area contributed by atoms with Gasteiger partial charge >= 0.3 is 6.09 Å². The van der Waals surface area contributed by atoms with E-state index in [1.807, 2.05) is 5.43 Å². The van der Waals surface area contributed by atoms with Crippen molar-refractivity contribution in [3.05, 3.63) is 34.6 Å². The second-order valence-corrected chi connectivity index (χ2v) is 2.90. The van der Waals surface area contributed by atoms with Crippen molar-refractivity contribution in [3.8, 4) is 0 Å². The summed E-state index contributed by atoms with van der Waals surface area (Å²) < 4.78 is 17.4. The number of ether oxygens (including phenoxy) is 1. The number of carbonyl (C=O) groups is 1. The van der Waals surface area contributed by atoms with Gasteiger partial charge in [0.2, 0.25) is 0 Å². The molecule has 0 atom stereocenters. The molecule has 15 heavy (non-hydrogen) atoms. The van der Waals surface area contributed by atoms with Crippen LogP contribution < -0.4 is 5.43 Å². The van der Waals surface area contributed by atoms with E-state index in [4.69, 9.17) is 11.6 Å². The van der Waals surface area contributed by atoms with Crippen LogP contribution >= 0.6 is 11.6 Å². The highest BCUT2D eigenvalue weighted by molar-refractivity contribution is 6.33. The smallest absolute Gasteiger partial charge is 0.427 e. The quantitative estimate of drug-likeness (QED) is 0.625. The molecule has 0 aliphatic rings. The molecule has 0 heterocycles. The minimum Gasteiger partial charge on any atom is -0.452 e. The van der Waals surface area contributed by atoms with Gasteiger partial charge < -0.3 is 4.74 Å². The zero-order chi connectivity index (χ0) is 11.3. The normalized spacial score (nSPS) is 10.3. The van der Waals surface area contributed by atoms with Crippen molar-refractivity contribution in [1.82, 2.24) is 5.43 Å². The monoisotopic (exact) mass is 230 g/mol. The number of hydrogen-bond donors (Lipinski definition) is 1. The van der Waals surface area contributed by atoms with E-state index in [9.17, 15) is 9.18 Å². The fourth-order valence-corrected chi connectivity index (χ4v) is 1.04. The SMILES string of the molecule is COC(=O)N/N=C/c1c(F)cccc1Cl. The Morgan fingerprint density at radius 3 is 3.00 bits per heavy atom. The Hall–Kier alpha value is -1.62. The standard InChI is InChI=1S/C9H8ClFN2O2/c1-15-9(14)13-12-5-6-7(10)3-2-4-8(6)11/h2-5H,1H3,(H,13,14)/b12-5+. The van der Waals surface area contributed by atoms with E-state index in [1.165, 1.54) is 25.3 Å². The molecular formula is C9H8ClFN2O2. The van der Waals surface area contributed by atoms with E-state index in [1.54, 1.807) is 0 Å². The summed E-state index contributed by atoms with van der Waals surface area (Å²) in [4.78, 5) is 10.6. The van der Waals surface area contributed by atoms with E-state index in [2.05, 4.69) is 9.84 Å². The number of amides is 1. The van der Waals surface area contributed by atoms with Gasteiger partial charge in [-0.25, -0.2) is 14.6 Å². The topological polar surface area (TPSA) is 50.7 Å². The summed E-state index contributed by atoms with van der Waals surface area (Å²) >= 11 is 5.70. The molecule has 0 fully saturated rings. The highest BCUT2D eigenvalue weighted by Crippen LogP contribution is 2.16. The average molecular weight is 231 g/mol. The van der Waals surface area contributed by atoms with Gasteiger partial charge in [0.25, 0.3) is 0 Å². The van der Waals surface area contributed by atoms with Gasteiger partial charge in [-0.3, -0.25) is 0 Å². The minimum absolute atomic E-state index is 0.107. The molecule has 0 bridgehead atoms. The Bertz CT molecular complexity index is 375. The number of nitrogens with one attached hydrogen (secondary N) is 1. The van der Waals surface area contributed by atoms with Crippen LogP contribution in [0.15, 0.2) is 23.3 Å². The van der Waals surface area contributed by atoms with E-state index < -0.39 is 11.9 Å². The molecule has 1 aromatic rings. The van der Waals surface area contributed by atoms with Gasteiger partial charge in [0.15, 0.2) is 0 Å². The summed E-state index contributed by atoms with van der Waals surface area (Å²) in [5.74, 6) is -0.516. The van der Waals surface area contributed by atoms with E-state index >= 15 is 0 Å². The second-order valence-electron chi connectivity index (χ2n) is 2.50. The lowest BCUT2D eigenvalue weighted by Gasteiger charge is -1.99. The molecule has 1 aromatic carbocycles. The van der Waals surface area contributed by atoms with Gasteiger partial charge in [-0.05, 0) is 12.1 Å². The Kier molecular flexibility index (Phi) is 4.05. The minimum atomic E-state index is -0.737. The summed E-state index contributed by atoms with van der Waals surface area (Å²) in [5.41, 5.74) is 2.13. The zero-order valence-electron chi connectivity index (χ0n) is 7.83. The lowest BCUT2D eigenvalue weighted by Crippen LogP contribution is -2.16. The van der Waals surface area contributed by atoms with Crippen LogP contribution in [0, 0.1) is 5.82 Å². The molecule has 1 amide bonds. The van der Waals surface area contributed by atoms with Crippen LogP contribution in [0.3, 0.4) is 0 Å². The Labute approximate surface area is 90.7 Å². The predicted molar refractivity (Wildman–Crippen MR) is 54.5 cm³/mol. The van der Waals surface area contributed by atoms with Crippen molar-refractivity contribution in [2.24, 2.45) is 5.10 Å². The zero-order valence-corrected chi connectivity index (χ0v) is 8.58. The summed E-state index contributed by atoms with van der Waals surface area (Å²) in [7, 11) is 1.20. The largest absolute Gasteiger partial charge is 0.452 e. The third-order valence-electron chi connectivity index (χ3n) is 1.53. The van der Waals surface area contributed by atoms with Crippen molar-refractivity contribution in [2.45, 2.75) is 0 Å². The number of halogens is 2. The van der Waals surface area contributed by atoms with Crippen LogP contribution in [0.1, 0.15) is 5.56 Å². The Balaban J connectivity index is 2.76. The predicted octanol–water partition coefficient (Wildman–Crippen LogP) is 2.17. The van der Waals surface area contributed by atoms with Crippen molar-refractivity contribution < 1.29 is 13.9 Å². The molecule has 0 aromatic heterocycles. The maximum Gasteiger partial charge on any atom is 0.427 e. The van der Waals surface area contributed by atoms with E-state index in [-0.39, 0.29) is 10.6 Å². The molecular weight excluding hydrogens is 223 g/mol. The van der Waals surface area contributed by atoms with Crippen LogP contribution in [-0.4, -0.2) is 19.4 Å². The molecule has 0 unspecified atom stereocenters. The number of benzene rings is 1. The van der Waals surface area contributed by atoms with Gasteiger partial charge in [-0.2, -0.15) is 5.10 Å². The summed E-state index contributed by atoms with van der Waals surface area (Å²) in [6.45, 7) is 0. The number of methoxy groups -OCH3 is 1. The van der Waals surface area contributed by atoms with Crippen LogP contribution in [0.5, 0.6) is 0 Å². The summed E-state index contributed by atoms with van der Waals surface area (Å²) in [5, 5.41) is 3.67. The van der Waals surface area contributed by atoms with E-state index in [0.717, 1.165) is 6.21 Å². The summed E-state index contributed by atoms with van der Waals surface area (Å²) in [6, 6.07) is 4.23. The molecule has 1 N–H and O–H groups in total. The van der Waals surface area contributed by atoms with Crippen molar-refractivity contribution in [3.63, 3.8) is 0 Å². The number of nitrogens with zero attached hydrogens (tertiary/aromatic N) is 1. The van der Waals surface area contributed by atoms with Crippen molar-refractivity contribution >= 4 is 23.9 Å². The Morgan fingerprint density at radius 2 is 2.40 bits per heavy atom. The third-order valence-corrected chi connectivity index (χ3v) is 1.86. The van der Waals surface area contributed by atoms with Crippen LogP contribution in [0.25, 0.3) is 0 Å². The first-order chi connectivity index (χ1) is 7.15. The Morgan fingerprint density at radius 1 is 1.67 bits per heavy atom. The molecule has 80 valence electrons. The third kappa shape index (κ3) is 3.21. The highest BCUT2D eigenvalue weighted by atomic mass is 35.5.